The van der Waals surface area contributed by atoms with Gasteiger partial charge >= 0.3 is 0 Å². The zero-order valence-corrected chi connectivity index (χ0v) is 14.9. The monoisotopic (exact) mass is 367 g/mol. The summed E-state index contributed by atoms with van der Waals surface area (Å²) in [7, 11) is 0. The first-order valence-electron chi connectivity index (χ1n) is 9.09. The van der Waals surface area contributed by atoms with Crippen LogP contribution in [0.25, 0.3) is 21.8 Å². The molecule has 0 amide bonds. The van der Waals surface area contributed by atoms with Gasteiger partial charge in [-0.05, 0) is 23.3 Å². The second-order valence-electron chi connectivity index (χ2n) is 6.83. The lowest BCUT2D eigenvalue weighted by Crippen LogP contribution is -2.06. The number of nitro groups is 1. The largest absolute Gasteiger partial charge is 0.361 e. The van der Waals surface area contributed by atoms with Crippen molar-refractivity contribution in [3.8, 4) is 0 Å². The molecule has 0 bridgehead atoms. The van der Waals surface area contributed by atoms with E-state index in [1.165, 1.54) is 0 Å². The summed E-state index contributed by atoms with van der Waals surface area (Å²) in [5.74, 6) is -0.270. The van der Waals surface area contributed by atoms with Gasteiger partial charge in [0, 0.05) is 51.7 Å². The van der Waals surface area contributed by atoms with Crippen LogP contribution in [0.3, 0.4) is 0 Å². The Balaban J connectivity index is 1.85. The van der Waals surface area contributed by atoms with Gasteiger partial charge in [-0.25, -0.2) is 0 Å². The van der Waals surface area contributed by atoms with E-state index in [9.17, 15) is 10.1 Å². The van der Waals surface area contributed by atoms with Crippen LogP contribution in [-0.2, 0) is 0 Å². The highest BCUT2D eigenvalue weighted by atomic mass is 16.6. The number of para-hydroxylation sites is 3. The molecule has 28 heavy (non-hydrogen) atoms. The Morgan fingerprint density at radius 1 is 0.679 bits per heavy atom. The van der Waals surface area contributed by atoms with Crippen LogP contribution in [0, 0.1) is 10.1 Å². The molecule has 5 heteroatoms. The molecule has 0 spiro atoms. The van der Waals surface area contributed by atoms with E-state index in [1.54, 1.807) is 12.1 Å². The Labute approximate surface area is 160 Å². The molecule has 5 aromatic rings. The fraction of sp³-hybridized carbons (Fsp3) is 0.0435. The molecular formula is C23H17N3O2. The van der Waals surface area contributed by atoms with Crippen molar-refractivity contribution >= 4 is 27.5 Å². The lowest BCUT2D eigenvalue weighted by Gasteiger charge is -2.17. The molecule has 0 fully saturated rings. The van der Waals surface area contributed by atoms with Crippen LogP contribution in [0.1, 0.15) is 22.6 Å². The van der Waals surface area contributed by atoms with Gasteiger partial charge in [-0.1, -0.05) is 54.6 Å². The van der Waals surface area contributed by atoms with Crippen molar-refractivity contribution in [2.24, 2.45) is 0 Å². The third-order valence-electron chi connectivity index (χ3n) is 5.31. The van der Waals surface area contributed by atoms with Gasteiger partial charge in [0.15, 0.2) is 0 Å². The average molecular weight is 367 g/mol. The van der Waals surface area contributed by atoms with E-state index in [1.807, 2.05) is 60.9 Å². The summed E-state index contributed by atoms with van der Waals surface area (Å²) < 4.78 is 0. The smallest absolute Gasteiger partial charge is 0.273 e. The van der Waals surface area contributed by atoms with Crippen LogP contribution in [-0.4, -0.2) is 14.9 Å². The van der Waals surface area contributed by atoms with Crippen LogP contribution >= 0.6 is 0 Å². The van der Waals surface area contributed by atoms with Crippen molar-refractivity contribution in [3.05, 3.63) is 112 Å². The lowest BCUT2D eigenvalue weighted by atomic mass is 9.84. The maximum atomic E-state index is 11.8. The summed E-state index contributed by atoms with van der Waals surface area (Å²) in [4.78, 5) is 18.1. The van der Waals surface area contributed by atoms with Crippen LogP contribution in [0.4, 0.5) is 5.69 Å². The minimum absolute atomic E-state index is 0.128. The maximum absolute atomic E-state index is 11.8. The second kappa shape index (κ2) is 6.39. The molecule has 2 heterocycles. The number of H-pyrrole nitrogens is 2. The van der Waals surface area contributed by atoms with Gasteiger partial charge in [0.2, 0.25) is 0 Å². The fourth-order valence-electron chi connectivity index (χ4n) is 4.07. The van der Waals surface area contributed by atoms with E-state index < -0.39 is 0 Å². The van der Waals surface area contributed by atoms with Gasteiger partial charge in [0.1, 0.15) is 0 Å². The molecule has 2 aromatic heterocycles. The third-order valence-corrected chi connectivity index (χ3v) is 5.31. The molecule has 5 rings (SSSR count). The molecule has 2 N–H and O–H groups in total. The molecule has 0 aliphatic carbocycles. The minimum atomic E-state index is -0.300. The Bertz CT molecular complexity index is 1240. The number of nitrogens with one attached hydrogen (secondary N) is 2. The van der Waals surface area contributed by atoms with E-state index in [4.69, 9.17) is 0 Å². The normalized spacial score (nSPS) is 11.5. The molecular weight excluding hydrogens is 350 g/mol. The predicted octanol–water partition coefficient (Wildman–Crippen LogP) is 5.74. The molecule has 0 aliphatic rings. The van der Waals surface area contributed by atoms with E-state index in [0.29, 0.717) is 5.56 Å². The number of aromatic amines is 2. The molecule has 0 radical (unpaired) electrons. The second-order valence-corrected chi connectivity index (χ2v) is 6.83. The molecule has 0 aliphatic heterocycles. The number of nitrogens with zero attached hydrogens (tertiary/aromatic N) is 1. The number of rotatable bonds is 4. The van der Waals surface area contributed by atoms with Crippen molar-refractivity contribution in [3.63, 3.8) is 0 Å². The Morgan fingerprint density at radius 2 is 1.18 bits per heavy atom. The maximum Gasteiger partial charge on any atom is 0.273 e. The number of benzene rings is 3. The van der Waals surface area contributed by atoms with Crippen molar-refractivity contribution in [1.82, 2.24) is 9.97 Å². The summed E-state index contributed by atoms with van der Waals surface area (Å²) in [6, 6.07) is 23.1. The first-order valence-corrected chi connectivity index (χ1v) is 9.09. The van der Waals surface area contributed by atoms with E-state index in [2.05, 4.69) is 22.1 Å². The highest BCUT2D eigenvalue weighted by molar-refractivity contribution is 5.89. The predicted molar refractivity (Wildman–Crippen MR) is 111 cm³/mol. The molecule has 136 valence electrons. The molecule has 0 unspecified atom stereocenters. The Morgan fingerprint density at radius 3 is 1.75 bits per heavy atom. The highest BCUT2D eigenvalue weighted by Crippen LogP contribution is 2.42. The van der Waals surface area contributed by atoms with E-state index >= 15 is 0 Å². The number of hydrogen-bond acceptors (Lipinski definition) is 2. The van der Waals surface area contributed by atoms with Crippen molar-refractivity contribution in [1.29, 1.82) is 0 Å². The van der Waals surface area contributed by atoms with Gasteiger partial charge in [-0.15, -0.1) is 0 Å². The van der Waals surface area contributed by atoms with Crippen molar-refractivity contribution in [2.75, 3.05) is 0 Å². The Kier molecular flexibility index (Phi) is 3.72. The summed E-state index contributed by atoms with van der Waals surface area (Å²) in [5.41, 5.74) is 4.89. The van der Waals surface area contributed by atoms with E-state index in [-0.39, 0.29) is 16.5 Å². The topological polar surface area (TPSA) is 74.7 Å². The first-order chi connectivity index (χ1) is 13.7. The number of hydrogen-bond donors (Lipinski definition) is 2. The molecule has 5 nitrogen and oxygen atoms in total. The quantitative estimate of drug-likeness (QED) is 0.314. The van der Waals surface area contributed by atoms with Gasteiger partial charge in [0.05, 0.1) is 4.92 Å². The Hall–Kier alpha value is -3.86. The summed E-state index contributed by atoms with van der Waals surface area (Å²) in [6.45, 7) is 0. The van der Waals surface area contributed by atoms with Crippen molar-refractivity contribution in [2.45, 2.75) is 5.92 Å². The molecule has 0 saturated carbocycles. The minimum Gasteiger partial charge on any atom is -0.361 e. The van der Waals surface area contributed by atoms with Gasteiger partial charge < -0.3 is 9.97 Å². The zero-order chi connectivity index (χ0) is 19.1. The van der Waals surface area contributed by atoms with Crippen molar-refractivity contribution < 1.29 is 4.92 Å². The average Bonchev–Trinajstić information content (AvgIpc) is 3.34. The van der Waals surface area contributed by atoms with Crippen LogP contribution in [0.15, 0.2) is 85.2 Å². The van der Waals surface area contributed by atoms with Gasteiger partial charge in [0.25, 0.3) is 5.69 Å². The number of aromatic nitrogens is 2. The summed E-state index contributed by atoms with van der Waals surface area (Å²) >= 11 is 0. The molecule has 0 atom stereocenters. The first kappa shape index (κ1) is 16.3. The SMILES string of the molecule is O=[N+]([O-])c1ccccc1C(c1c[nH]c2ccccc12)c1c[nH]c2ccccc12. The van der Waals surface area contributed by atoms with Crippen LogP contribution in [0.2, 0.25) is 0 Å². The summed E-state index contributed by atoms with van der Waals surface area (Å²) in [6.07, 6.45) is 3.93. The van der Waals surface area contributed by atoms with Crippen LogP contribution in [0.5, 0.6) is 0 Å². The lowest BCUT2D eigenvalue weighted by molar-refractivity contribution is -0.385. The summed E-state index contributed by atoms with van der Waals surface area (Å²) in [5, 5.41) is 13.9. The highest BCUT2D eigenvalue weighted by Gasteiger charge is 2.28. The molecule has 3 aromatic carbocycles. The van der Waals surface area contributed by atoms with Gasteiger partial charge in [-0.2, -0.15) is 0 Å². The standard InChI is InChI=1S/C23H17N3O2/c27-26(28)22-12-6-3-9-17(22)23(18-13-24-20-10-4-1-7-15(18)20)19-14-25-21-11-5-2-8-16(19)21/h1-14,23-25H. The van der Waals surface area contributed by atoms with E-state index in [0.717, 1.165) is 32.9 Å². The molecule has 0 saturated heterocycles. The number of nitro benzene ring substituents is 1. The third kappa shape index (κ3) is 2.48. The zero-order valence-electron chi connectivity index (χ0n) is 14.9. The number of fused-ring (bicyclic) bond motifs is 2. The van der Waals surface area contributed by atoms with Gasteiger partial charge in [-0.3, -0.25) is 10.1 Å². The fourth-order valence-corrected chi connectivity index (χ4v) is 4.07. The van der Waals surface area contributed by atoms with Crippen LogP contribution < -0.4 is 0 Å².